The molecule has 1 fully saturated rings. The highest BCUT2D eigenvalue weighted by atomic mass is 16.3. The lowest BCUT2D eigenvalue weighted by Gasteiger charge is -2.41. The highest BCUT2D eigenvalue weighted by Gasteiger charge is 2.37. The zero-order valence-corrected chi connectivity index (χ0v) is 11.8. The number of nitrogens with two attached hydrogens (primary N) is 1. The third kappa shape index (κ3) is 4.26. The molecule has 17 heavy (non-hydrogen) atoms. The van der Waals surface area contributed by atoms with E-state index in [1.165, 1.54) is 44.9 Å². The summed E-state index contributed by atoms with van der Waals surface area (Å²) in [6.45, 7) is 4.93. The first kappa shape index (κ1) is 15.0. The van der Waals surface area contributed by atoms with Crippen molar-refractivity contribution in [2.24, 2.45) is 11.1 Å². The van der Waals surface area contributed by atoms with Crippen LogP contribution >= 0.6 is 0 Å². The van der Waals surface area contributed by atoms with E-state index >= 15 is 0 Å². The highest BCUT2D eigenvalue weighted by Crippen LogP contribution is 2.41. The Hall–Kier alpha value is -0.0800. The lowest BCUT2D eigenvalue weighted by atomic mass is 9.68. The molecule has 0 aromatic rings. The molecule has 1 aliphatic carbocycles. The van der Waals surface area contributed by atoms with Crippen LogP contribution in [0.1, 0.15) is 78.1 Å². The van der Waals surface area contributed by atoms with Crippen LogP contribution < -0.4 is 5.73 Å². The van der Waals surface area contributed by atoms with Crippen molar-refractivity contribution in [2.45, 2.75) is 83.7 Å². The molecule has 1 rings (SSSR count). The van der Waals surface area contributed by atoms with Crippen molar-refractivity contribution in [1.82, 2.24) is 0 Å². The molecule has 0 amide bonds. The Kier molecular flexibility index (Phi) is 5.94. The molecule has 0 radical (unpaired) electrons. The smallest absolute Gasteiger partial charge is 0.0648 e. The lowest BCUT2D eigenvalue weighted by Crippen LogP contribution is -2.41. The quantitative estimate of drug-likeness (QED) is 0.772. The van der Waals surface area contributed by atoms with Gasteiger partial charge in [-0.05, 0) is 44.1 Å². The first-order chi connectivity index (χ1) is 8.10. The van der Waals surface area contributed by atoms with Crippen LogP contribution in [0, 0.1) is 5.41 Å². The predicted octanol–water partition coefficient (Wildman–Crippen LogP) is 3.62. The molecular weight excluding hydrogens is 210 g/mol. The molecule has 0 unspecified atom stereocenters. The van der Waals surface area contributed by atoms with E-state index in [1.54, 1.807) is 0 Å². The zero-order chi connectivity index (χ0) is 12.8. The molecule has 2 nitrogen and oxygen atoms in total. The zero-order valence-electron chi connectivity index (χ0n) is 11.8. The average Bonchev–Trinajstić information content (AvgIpc) is 2.33. The molecule has 3 N–H and O–H groups in total. The third-order valence-electron chi connectivity index (χ3n) is 4.87. The average molecular weight is 241 g/mol. The molecule has 0 heterocycles. The highest BCUT2D eigenvalue weighted by molar-refractivity contribution is 4.90. The summed E-state index contributed by atoms with van der Waals surface area (Å²) in [7, 11) is 0. The molecule has 1 aliphatic rings. The fourth-order valence-corrected chi connectivity index (χ4v) is 3.31. The molecule has 1 saturated carbocycles. The normalized spacial score (nSPS) is 21.9. The summed E-state index contributed by atoms with van der Waals surface area (Å²) in [5.41, 5.74) is 5.79. The van der Waals surface area contributed by atoms with Gasteiger partial charge in [-0.3, -0.25) is 0 Å². The van der Waals surface area contributed by atoms with E-state index in [9.17, 15) is 5.11 Å². The fraction of sp³-hybridized carbons (Fsp3) is 1.00. The maximum Gasteiger partial charge on any atom is 0.0648 e. The number of hydrogen-bond donors (Lipinski definition) is 2. The summed E-state index contributed by atoms with van der Waals surface area (Å²) in [6.07, 6.45) is 11.7. The van der Waals surface area contributed by atoms with Crippen molar-refractivity contribution in [3.8, 4) is 0 Å². The van der Waals surface area contributed by atoms with Gasteiger partial charge in [-0.2, -0.15) is 0 Å². The van der Waals surface area contributed by atoms with E-state index in [0.29, 0.717) is 0 Å². The number of rotatable bonds is 5. The van der Waals surface area contributed by atoms with Gasteiger partial charge < -0.3 is 10.8 Å². The van der Waals surface area contributed by atoms with Crippen molar-refractivity contribution < 1.29 is 5.11 Å². The van der Waals surface area contributed by atoms with Crippen molar-refractivity contribution in [2.75, 3.05) is 6.54 Å². The Labute approximate surface area is 107 Å². The molecule has 0 aromatic carbocycles. The summed E-state index contributed by atoms with van der Waals surface area (Å²) >= 11 is 0. The molecule has 0 spiro atoms. The van der Waals surface area contributed by atoms with Crippen molar-refractivity contribution in [1.29, 1.82) is 0 Å². The summed E-state index contributed by atoms with van der Waals surface area (Å²) in [5.74, 6) is 0. The second-order valence-corrected chi connectivity index (χ2v) is 6.08. The number of hydrogen-bond acceptors (Lipinski definition) is 2. The topological polar surface area (TPSA) is 46.2 Å². The lowest BCUT2D eigenvalue weighted by molar-refractivity contribution is -0.0233. The van der Waals surface area contributed by atoms with Gasteiger partial charge in [-0.25, -0.2) is 0 Å². The van der Waals surface area contributed by atoms with Gasteiger partial charge in [0.1, 0.15) is 0 Å². The second kappa shape index (κ2) is 6.75. The maximum absolute atomic E-state index is 10.6. The van der Waals surface area contributed by atoms with Crippen LogP contribution in [0.15, 0.2) is 0 Å². The molecule has 2 heteroatoms. The minimum Gasteiger partial charge on any atom is -0.390 e. The largest absolute Gasteiger partial charge is 0.390 e. The SMILES string of the molecule is CCC(O)(CC)CC1(CN)CCCCCCC1. The van der Waals surface area contributed by atoms with E-state index in [1.807, 2.05) is 0 Å². The standard InChI is InChI=1S/C15H31NO/c1-3-15(17,4-2)12-14(13-16)10-8-6-5-7-9-11-14/h17H,3-13,16H2,1-2H3. The minimum atomic E-state index is -0.488. The van der Waals surface area contributed by atoms with Crippen LogP contribution in [0.3, 0.4) is 0 Å². The van der Waals surface area contributed by atoms with Crippen LogP contribution in [0.5, 0.6) is 0 Å². The summed E-state index contributed by atoms with van der Waals surface area (Å²) in [6, 6.07) is 0. The predicted molar refractivity (Wildman–Crippen MR) is 74.0 cm³/mol. The van der Waals surface area contributed by atoms with Gasteiger partial charge >= 0.3 is 0 Å². The summed E-state index contributed by atoms with van der Waals surface area (Å²) in [5, 5.41) is 10.6. The minimum absolute atomic E-state index is 0.210. The first-order valence-electron chi connectivity index (χ1n) is 7.52. The van der Waals surface area contributed by atoms with Gasteiger partial charge in [-0.15, -0.1) is 0 Å². The molecule has 0 aliphatic heterocycles. The van der Waals surface area contributed by atoms with Gasteiger partial charge in [0.15, 0.2) is 0 Å². The number of aliphatic hydroxyl groups is 1. The van der Waals surface area contributed by atoms with Gasteiger partial charge in [0.2, 0.25) is 0 Å². The molecule has 0 aromatic heterocycles. The van der Waals surface area contributed by atoms with Crippen LogP contribution in [0.2, 0.25) is 0 Å². The van der Waals surface area contributed by atoms with E-state index < -0.39 is 5.60 Å². The van der Waals surface area contributed by atoms with Gasteiger partial charge in [0, 0.05) is 0 Å². The monoisotopic (exact) mass is 241 g/mol. The van der Waals surface area contributed by atoms with Gasteiger partial charge in [0.05, 0.1) is 5.60 Å². The molecular formula is C15H31NO. The molecule has 0 saturated heterocycles. The first-order valence-corrected chi connectivity index (χ1v) is 7.52. The Bertz CT molecular complexity index is 203. The van der Waals surface area contributed by atoms with Crippen LogP contribution in [0.4, 0.5) is 0 Å². The van der Waals surface area contributed by atoms with E-state index in [2.05, 4.69) is 13.8 Å². The van der Waals surface area contributed by atoms with Gasteiger partial charge in [0.25, 0.3) is 0 Å². The van der Waals surface area contributed by atoms with E-state index in [4.69, 9.17) is 5.73 Å². The van der Waals surface area contributed by atoms with Crippen molar-refractivity contribution in [3.05, 3.63) is 0 Å². The maximum atomic E-state index is 10.6. The van der Waals surface area contributed by atoms with E-state index in [-0.39, 0.29) is 5.41 Å². The van der Waals surface area contributed by atoms with Crippen molar-refractivity contribution >= 4 is 0 Å². The summed E-state index contributed by atoms with van der Waals surface area (Å²) < 4.78 is 0. The Morgan fingerprint density at radius 1 is 1.00 bits per heavy atom. The third-order valence-corrected chi connectivity index (χ3v) is 4.87. The van der Waals surface area contributed by atoms with Crippen molar-refractivity contribution in [3.63, 3.8) is 0 Å². The molecule has 0 bridgehead atoms. The molecule has 102 valence electrons. The Balaban J connectivity index is 2.70. The van der Waals surface area contributed by atoms with Crippen LogP contribution in [-0.4, -0.2) is 17.3 Å². The van der Waals surface area contributed by atoms with Crippen LogP contribution in [0.25, 0.3) is 0 Å². The second-order valence-electron chi connectivity index (χ2n) is 6.08. The Morgan fingerprint density at radius 3 is 1.88 bits per heavy atom. The summed E-state index contributed by atoms with van der Waals surface area (Å²) in [4.78, 5) is 0. The fourth-order valence-electron chi connectivity index (χ4n) is 3.31. The van der Waals surface area contributed by atoms with Crippen LogP contribution in [-0.2, 0) is 0 Å². The molecule has 0 atom stereocenters. The van der Waals surface area contributed by atoms with E-state index in [0.717, 1.165) is 25.8 Å². The van der Waals surface area contributed by atoms with Gasteiger partial charge in [-0.1, -0.05) is 46.0 Å². The Morgan fingerprint density at radius 2 is 1.47 bits per heavy atom.